The van der Waals surface area contributed by atoms with Gasteiger partial charge in [0.2, 0.25) is 0 Å². The number of aromatic nitrogens is 1. The number of aliphatic hydroxyl groups is 1. The van der Waals surface area contributed by atoms with E-state index in [-0.39, 0.29) is 11.2 Å². The maximum Gasteiger partial charge on any atom is 0.496 e. The van der Waals surface area contributed by atoms with E-state index in [0.29, 0.717) is 0 Å². The van der Waals surface area contributed by atoms with E-state index in [9.17, 15) is 5.11 Å². The number of hydrogen-bond acceptors (Lipinski definition) is 4. The highest BCUT2D eigenvalue weighted by molar-refractivity contribution is 6.62. The van der Waals surface area contributed by atoms with Crippen molar-refractivity contribution >= 4 is 12.6 Å². The lowest BCUT2D eigenvalue weighted by atomic mass is 9.78. The van der Waals surface area contributed by atoms with Crippen LogP contribution in [-0.4, -0.2) is 28.4 Å². The second-order valence-corrected chi connectivity index (χ2v) is 7.05. The van der Waals surface area contributed by atoms with Crippen molar-refractivity contribution in [3.8, 4) is 0 Å². The number of rotatable bonds is 2. The summed E-state index contributed by atoms with van der Waals surface area (Å²) in [4.78, 5) is 4.37. The molecular weight excluding hydrogens is 253 g/mol. The van der Waals surface area contributed by atoms with E-state index in [2.05, 4.69) is 4.98 Å². The maximum atomic E-state index is 10.2. The van der Waals surface area contributed by atoms with E-state index < -0.39 is 12.7 Å². The highest BCUT2D eigenvalue weighted by Crippen LogP contribution is 2.36. The van der Waals surface area contributed by atoms with Crippen LogP contribution in [0, 0.1) is 6.92 Å². The lowest BCUT2D eigenvalue weighted by molar-refractivity contribution is 0.00578. The third-order valence-electron chi connectivity index (χ3n) is 4.29. The Kier molecular flexibility index (Phi) is 3.52. The first-order chi connectivity index (χ1) is 8.94. The first-order valence-electron chi connectivity index (χ1n) is 6.99. The van der Waals surface area contributed by atoms with Gasteiger partial charge in [0.1, 0.15) is 0 Å². The Morgan fingerprint density at radius 1 is 1.15 bits per heavy atom. The minimum Gasteiger partial charge on any atom is -0.399 e. The number of aryl methyl sites for hydroxylation is 1. The van der Waals surface area contributed by atoms with Crippen molar-refractivity contribution < 1.29 is 14.4 Å². The Morgan fingerprint density at radius 3 is 2.10 bits per heavy atom. The Hall–Kier alpha value is -0.905. The zero-order valence-corrected chi connectivity index (χ0v) is 13.4. The van der Waals surface area contributed by atoms with Crippen LogP contribution >= 0.6 is 0 Å². The molecule has 0 saturated carbocycles. The quantitative estimate of drug-likeness (QED) is 0.839. The summed E-state index contributed by atoms with van der Waals surface area (Å²) in [6, 6.07) is 1.92. The fraction of sp³-hybridized carbons (Fsp3) is 0.667. The lowest BCUT2D eigenvalue weighted by Gasteiger charge is -2.32. The molecule has 1 N–H and O–H groups in total. The molecule has 0 radical (unpaired) electrons. The van der Waals surface area contributed by atoms with Gasteiger partial charge in [-0.25, -0.2) is 0 Å². The second-order valence-electron chi connectivity index (χ2n) is 7.05. The molecule has 0 atom stereocenters. The summed E-state index contributed by atoms with van der Waals surface area (Å²) < 4.78 is 12.0. The molecule has 110 valence electrons. The SMILES string of the molecule is Cc1ncc(B2OC(C)(C)C(C)(C)O2)cc1C(C)(C)O. The van der Waals surface area contributed by atoms with Crippen LogP contribution in [0.1, 0.15) is 52.8 Å². The molecule has 0 aromatic carbocycles. The molecule has 1 aliphatic rings. The molecule has 1 fully saturated rings. The molecule has 2 rings (SSSR count). The van der Waals surface area contributed by atoms with Gasteiger partial charge in [-0.2, -0.15) is 0 Å². The molecule has 0 bridgehead atoms. The third-order valence-corrected chi connectivity index (χ3v) is 4.29. The number of nitrogens with zero attached hydrogens (tertiary/aromatic N) is 1. The van der Waals surface area contributed by atoms with Gasteiger partial charge in [0.25, 0.3) is 0 Å². The average molecular weight is 277 g/mol. The molecule has 4 nitrogen and oxygen atoms in total. The molecule has 0 amide bonds. The van der Waals surface area contributed by atoms with E-state index in [0.717, 1.165) is 16.7 Å². The zero-order chi connectivity index (χ0) is 15.3. The molecule has 1 aromatic heterocycles. The zero-order valence-electron chi connectivity index (χ0n) is 13.4. The van der Waals surface area contributed by atoms with Crippen LogP contribution in [0.15, 0.2) is 12.3 Å². The summed E-state index contributed by atoms with van der Waals surface area (Å²) in [5.74, 6) is 0. The monoisotopic (exact) mass is 277 g/mol. The van der Waals surface area contributed by atoms with E-state index in [1.54, 1.807) is 20.0 Å². The fourth-order valence-corrected chi connectivity index (χ4v) is 2.28. The summed E-state index contributed by atoms with van der Waals surface area (Å²) in [5.41, 5.74) is 0.764. The van der Waals surface area contributed by atoms with Crippen molar-refractivity contribution in [2.45, 2.75) is 65.3 Å². The van der Waals surface area contributed by atoms with Gasteiger partial charge in [0.05, 0.1) is 16.8 Å². The van der Waals surface area contributed by atoms with Crippen LogP contribution in [0.25, 0.3) is 0 Å². The van der Waals surface area contributed by atoms with Crippen molar-refractivity contribution in [2.24, 2.45) is 0 Å². The topological polar surface area (TPSA) is 51.6 Å². The van der Waals surface area contributed by atoms with Gasteiger partial charge in [0.15, 0.2) is 0 Å². The maximum absolute atomic E-state index is 10.2. The van der Waals surface area contributed by atoms with Gasteiger partial charge in [-0.1, -0.05) is 6.07 Å². The second kappa shape index (κ2) is 4.55. The van der Waals surface area contributed by atoms with Crippen molar-refractivity contribution in [2.75, 3.05) is 0 Å². The Bertz CT molecular complexity index is 504. The van der Waals surface area contributed by atoms with E-state index in [4.69, 9.17) is 9.31 Å². The largest absolute Gasteiger partial charge is 0.496 e. The van der Waals surface area contributed by atoms with Crippen molar-refractivity contribution in [1.29, 1.82) is 0 Å². The first-order valence-corrected chi connectivity index (χ1v) is 6.99. The van der Waals surface area contributed by atoms with Gasteiger partial charge in [-0.3, -0.25) is 4.98 Å². The van der Waals surface area contributed by atoms with Crippen LogP contribution in [0.2, 0.25) is 0 Å². The minimum atomic E-state index is -0.934. The summed E-state index contributed by atoms with van der Waals surface area (Å²) in [5, 5.41) is 10.2. The molecule has 1 aromatic rings. The Morgan fingerprint density at radius 2 is 1.65 bits per heavy atom. The van der Waals surface area contributed by atoms with Gasteiger partial charge in [-0.15, -0.1) is 0 Å². The van der Waals surface area contributed by atoms with Crippen LogP contribution in [0.5, 0.6) is 0 Å². The fourth-order valence-electron chi connectivity index (χ4n) is 2.28. The molecule has 1 saturated heterocycles. The van der Waals surface area contributed by atoms with Gasteiger partial charge >= 0.3 is 7.12 Å². The predicted molar refractivity (Wildman–Crippen MR) is 79.9 cm³/mol. The van der Waals surface area contributed by atoms with Crippen LogP contribution in [0.4, 0.5) is 0 Å². The standard InChI is InChI=1S/C15H24BNO3/c1-10-12(13(2,3)18)8-11(9-17-10)16-19-14(4,5)15(6,7)20-16/h8-9,18H,1-7H3. The number of pyridine rings is 1. The summed E-state index contributed by atoms with van der Waals surface area (Å²) >= 11 is 0. The molecule has 5 heteroatoms. The predicted octanol–water partition coefficient (Wildman–Crippen LogP) is 1.92. The first kappa shape index (κ1) is 15.5. The Balaban J connectivity index is 2.37. The molecule has 0 unspecified atom stereocenters. The van der Waals surface area contributed by atoms with E-state index in [1.807, 2.05) is 40.7 Å². The van der Waals surface area contributed by atoms with Crippen LogP contribution in [-0.2, 0) is 14.9 Å². The average Bonchev–Trinajstić information content (AvgIpc) is 2.47. The molecule has 2 heterocycles. The highest BCUT2D eigenvalue weighted by Gasteiger charge is 2.52. The molecule has 1 aliphatic heterocycles. The Labute approximate surface area is 121 Å². The van der Waals surface area contributed by atoms with Crippen molar-refractivity contribution in [3.05, 3.63) is 23.5 Å². The van der Waals surface area contributed by atoms with Crippen LogP contribution in [0.3, 0.4) is 0 Å². The summed E-state index contributed by atoms with van der Waals surface area (Å²) in [6.45, 7) is 13.5. The smallest absolute Gasteiger partial charge is 0.399 e. The highest BCUT2D eigenvalue weighted by atomic mass is 16.7. The van der Waals surface area contributed by atoms with Gasteiger partial charge < -0.3 is 14.4 Å². The molecule has 20 heavy (non-hydrogen) atoms. The molecule has 0 aliphatic carbocycles. The van der Waals surface area contributed by atoms with Crippen molar-refractivity contribution in [1.82, 2.24) is 4.98 Å². The number of hydrogen-bond donors (Lipinski definition) is 1. The van der Waals surface area contributed by atoms with Crippen molar-refractivity contribution in [3.63, 3.8) is 0 Å². The van der Waals surface area contributed by atoms with Gasteiger partial charge in [-0.05, 0) is 48.5 Å². The molecular formula is C15H24BNO3. The van der Waals surface area contributed by atoms with E-state index in [1.165, 1.54) is 0 Å². The summed E-state index contributed by atoms with van der Waals surface area (Å²) in [6.07, 6.45) is 1.76. The normalized spacial score (nSPS) is 21.3. The van der Waals surface area contributed by atoms with E-state index >= 15 is 0 Å². The third kappa shape index (κ3) is 2.62. The summed E-state index contributed by atoms with van der Waals surface area (Å²) in [7, 11) is -0.450. The van der Waals surface area contributed by atoms with Gasteiger partial charge in [0, 0.05) is 22.9 Å². The lowest BCUT2D eigenvalue weighted by Crippen LogP contribution is -2.41. The minimum absolute atomic E-state index is 0.378. The molecule has 0 spiro atoms. The van der Waals surface area contributed by atoms with Crippen LogP contribution < -0.4 is 5.46 Å².